The summed E-state index contributed by atoms with van der Waals surface area (Å²) in [6.07, 6.45) is 4.30. The van der Waals surface area contributed by atoms with E-state index in [9.17, 15) is 18.0 Å². The van der Waals surface area contributed by atoms with Gasteiger partial charge in [-0.05, 0) is 48.4 Å². The number of hydrogen-bond donors (Lipinski definition) is 4. The largest absolute Gasteiger partial charge is 0.497 e. The van der Waals surface area contributed by atoms with Crippen LogP contribution in [0.3, 0.4) is 0 Å². The van der Waals surface area contributed by atoms with Crippen LogP contribution in [0.25, 0.3) is 0 Å². The van der Waals surface area contributed by atoms with Crippen LogP contribution in [-0.2, 0) is 26.0 Å². The molecule has 1 heterocycles. The van der Waals surface area contributed by atoms with Gasteiger partial charge in [-0.2, -0.15) is 4.98 Å². The van der Waals surface area contributed by atoms with E-state index in [4.69, 9.17) is 4.74 Å². The summed E-state index contributed by atoms with van der Waals surface area (Å²) < 4.78 is 32.5. The number of amides is 1. The van der Waals surface area contributed by atoms with Gasteiger partial charge in [-0.25, -0.2) is 18.1 Å². The van der Waals surface area contributed by atoms with Crippen LogP contribution >= 0.6 is 0 Å². The van der Waals surface area contributed by atoms with Gasteiger partial charge in [-0.3, -0.25) is 4.79 Å². The Hall–Kier alpha value is -4.47. The number of hydrogen-bond acceptors (Lipinski definition) is 9. The number of carbonyl (C=O) groups excluding carboxylic acids is 2. The van der Waals surface area contributed by atoms with E-state index < -0.39 is 10.0 Å². The molecule has 0 aliphatic rings. The fourth-order valence-corrected chi connectivity index (χ4v) is 4.40. The zero-order chi connectivity index (χ0) is 27.9. The number of methoxy groups -OCH3 is 1. The molecule has 11 nitrogen and oxygen atoms in total. The van der Waals surface area contributed by atoms with E-state index in [0.717, 1.165) is 17.5 Å². The van der Waals surface area contributed by atoms with Crippen molar-refractivity contribution >= 4 is 40.2 Å². The van der Waals surface area contributed by atoms with Crippen molar-refractivity contribution in [1.82, 2.24) is 20.0 Å². The minimum Gasteiger partial charge on any atom is -0.497 e. The maximum absolute atomic E-state index is 12.5. The van der Waals surface area contributed by atoms with Gasteiger partial charge in [0.25, 0.3) is 0 Å². The van der Waals surface area contributed by atoms with Crippen LogP contribution in [0, 0.1) is 11.8 Å². The van der Waals surface area contributed by atoms with Gasteiger partial charge in [0.05, 0.1) is 23.8 Å². The van der Waals surface area contributed by atoms with Gasteiger partial charge in [-0.1, -0.05) is 24.0 Å². The Morgan fingerprint density at radius 1 is 1.05 bits per heavy atom. The van der Waals surface area contributed by atoms with Gasteiger partial charge in [0.2, 0.25) is 22.4 Å². The lowest BCUT2D eigenvalue weighted by atomic mass is 10.1. The predicted molar refractivity (Wildman–Crippen MR) is 148 cm³/mol. The van der Waals surface area contributed by atoms with Crippen LogP contribution in [0.4, 0.5) is 17.5 Å². The van der Waals surface area contributed by atoms with Crippen molar-refractivity contribution in [2.75, 3.05) is 37.4 Å². The molecule has 0 aliphatic carbocycles. The Balaban J connectivity index is 1.67. The number of aldehydes is 1. The molecule has 0 radical (unpaired) electrons. The third-order valence-electron chi connectivity index (χ3n) is 5.30. The average Bonchev–Trinajstić information content (AvgIpc) is 2.94. The van der Waals surface area contributed by atoms with Crippen molar-refractivity contribution in [1.29, 1.82) is 0 Å². The summed E-state index contributed by atoms with van der Waals surface area (Å²) >= 11 is 0. The van der Waals surface area contributed by atoms with Crippen molar-refractivity contribution < 1.29 is 22.7 Å². The predicted octanol–water partition coefficient (Wildman–Crippen LogP) is 2.24. The van der Waals surface area contributed by atoms with Crippen molar-refractivity contribution in [3.8, 4) is 17.6 Å². The number of sulfonamides is 1. The maximum atomic E-state index is 12.5. The molecule has 0 saturated heterocycles. The van der Waals surface area contributed by atoms with Crippen LogP contribution in [0.2, 0.25) is 0 Å². The highest BCUT2D eigenvalue weighted by Crippen LogP contribution is 2.19. The Labute approximate surface area is 227 Å². The minimum atomic E-state index is -3.67. The molecular formula is C27H30N6O5S. The fraction of sp³-hybridized carbons (Fsp3) is 0.259. The summed E-state index contributed by atoms with van der Waals surface area (Å²) in [7, 11) is -2.16. The van der Waals surface area contributed by atoms with Crippen LogP contribution in [0.1, 0.15) is 24.0 Å². The SMILES string of the molecule is COc1ccc(S(=O)(=O)NCCC#Cc2cnc(Nc3cccc(CC=O)c3)nc2NCCCNC=O)cc1. The number of aromatic nitrogens is 2. The normalized spacial score (nSPS) is 10.6. The minimum absolute atomic E-state index is 0.124. The molecule has 1 aromatic heterocycles. The molecule has 0 fully saturated rings. The maximum Gasteiger partial charge on any atom is 0.240 e. The number of ether oxygens (including phenoxy) is 1. The molecule has 0 saturated carbocycles. The average molecular weight is 551 g/mol. The topological polar surface area (TPSA) is 151 Å². The van der Waals surface area contributed by atoms with E-state index in [1.54, 1.807) is 18.3 Å². The molecule has 4 N–H and O–H groups in total. The lowest BCUT2D eigenvalue weighted by Crippen LogP contribution is -2.24. The van der Waals surface area contributed by atoms with Gasteiger partial charge < -0.3 is 25.5 Å². The number of nitrogens with zero attached hydrogens (tertiary/aromatic N) is 2. The first kappa shape index (κ1) is 29.1. The molecule has 0 atom stereocenters. The van der Waals surface area contributed by atoms with E-state index in [1.165, 1.54) is 19.2 Å². The quantitative estimate of drug-likeness (QED) is 0.127. The first-order chi connectivity index (χ1) is 18.9. The fourth-order valence-electron chi connectivity index (χ4n) is 3.37. The summed E-state index contributed by atoms with van der Waals surface area (Å²) in [5.41, 5.74) is 2.14. The van der Waals surface area contributed by atoms with Crippen LogP contribution in [-0.4, -0.2) is 57.8 Å². The van der Waals surface area contributed by atoms with Crippen molar-refractivity contribution in [2.24, 2.45) is 0 Å². The molecule has 3 aromatic rings. The third-order valence-corrected chi connectivity index (χ3v) is 6.78. The highest BCUT2D eigenvalue weighted by atomic mass is 32.2. The summed E-state index contributed by atoms with van der Waals surface area (Å²) in [4.78, 5) is 30.3. The number of nitrogens with one attached hydrogen (secondary N) is 4. The zero-order valence-electron chi connectivity index (χ0n) is 21.4. The Morgan fingerprint density at radius 2 is 1.87 bits per heavy atom. The number of carbonyl (C=O) groups is 2. The molecular weight excluding hydrogens is 520 g/mol. The molecule has 2 aromatic carbocycles. The standard InChI is InChI=1S/C27H30N6O5S/c1-38-24-9-11-25(12-10-24)39(36,37)31-16-3-2-7-22-19-30-27(33-26(22)29-15-5-14-28-20-35)32-23-8-4-6-21(18-23)13-17-34/h4,6,8-12,17-20,31H,3,5,13-16H2,1H3,(H,28,35)(H2,29,30,32,33). The molecule has 0 bridgehead atoms. The second-order valence-electron chi connectivity index (χ2n) is 8.13. The molecule has 12 heteroatoms. The second-order valence-corrected chi connectivity index (χ2v) is 9.90. The Bertz CT molecular complexity index is 1420. The lowest BCUT2D eigenvalue weighted by molar-refractivity contribution is -0.109. The molecule has 0 spiro atoms. The van der Waals surface area contributed by atoms with Crippen LogP contribution in [0.15, 0.2) is 59.6 Å². The van der Waals surface area contributed by atoms with Crippen molar-refractivity contribution in [2.45, 2.75) is 24.2 Å². The second kappa shape index (κ2) is 15.1. The van der Waals surface area contributed by atoms with Crippen LogP contribution < -0.4 is 25.4 Å². The molecule has 204 valence electrons. The lowest BCUT2D eigenvalue weighted by Gasteiger charge is -2.11. The highest BCUT2D eigenvalue weighted by Gasteiger charge is 2.13. The van der Waals surface area contributed by atoms with E-state index in [0.29, 0.717) is 55.4 Å². The first-order valence-corrected chi connectivity index (χ1v) is 13.6. The number of benzene rings is 2. The summed E-state index contributed by atoms with van der Waals surface area (Å²) in [6, 6.07) is 13.5. The monoisotopic (exact) mass is 550 g/mol. The van der Waals surface area contributed by atoms with Crippen molar-refractivity contribution in [3.05, 3.63) is 65.9 Å². The van der Waals surface area contributed by atoms with Gasteiger partial charge in [0.1, 0.15) is 17.9 Å². The van der Waals surface area contributed by atoms with Gasteiger partial charge in [0, 0.05) is 38.2 Å². The smallest absolute Gasteiger partial charge is 0.240 e. The van der Waals surface area contributed by atoms with Crippen LogP contribution in [0.5, 0.6) is 5.75 Å². The molecule has 0 unspecified atom stereocenters. The summed E-state index contributed by atoms with van der Waals surface area (Å²) in [5.74, 6) is 7.35. The van der Waals surface area contributed by atoms with Gasteiger partial charge in [-0.15, -0.1) is 0 Å². The molecule has 39 heavy (non-hydrogen) atoms. The first-order valence-electron chi connectivity index (χ1n) is 12.2. The molecule has 0 aliphatic heterocycles. The Kier molecular flexibility index (Phi) is 11.2. The molecule has 3 rings (SSSR count). The van der Waals surface area contributed by atoms with Gasteiger partial charge in [0.15, 0.2) is 0 Å². The number of rotatable bonds is 15. The van der Waals surface area contributed by atoms with Crippen molar-refractivity contribution in [3.63, 3.8) is 0 Å². The third kappa shape index (κ3) is 9.41. The van der Waals surface area contributed by atoms with Gasteiger partial charge >= 0.3 is 0 Å². The van der Waals surface area contributed by atoms with E-state index in [1.807, 2.05) is 24.3 Å². The molecule has 1 amide bonds. The number of anilines is 3. The van der Waals surface area contributed by atoms with E-state index in [-0.39, 0.29) is 17.9 Å². The summed E-state index contributed by atoms with van der Waals surface area (Å²) in [5, 5.41) is 8.94. The summed E-state index contributed by atoms with van der Waals surface area (Å²) in [6.45, 7) is 1.16. The Morgan fingerprint density at radius 3 is 2.62 bits per heavy atom. The van der Waals surface area contributed by atoms with E-state index in [2.05, 4.69) is 42.5 Å². The zero-order valence-corrected chi connectivity index (χ0v) is 22.3. The van der Waals surface area contributed by atoms with E-state index >= 15 is 0 Å². The highest BCUT2D eigenvalue weighted by molar-refractivity contribution is 7.89.